The van der Waals surface area contributed by atoms with Crippen molar-refractivity contribution < 1.29 is 9.59 Å². The maximum atomic E-state index is 12.8. The molecule has 0 saturated carbocycles. The Kier molecular flexibility index (Phi) is 8.85. The lowest BCUT2D eigenvalue weighted by Gasteiger charge is -2.34. The van der Waals surface area contributed by atoms with Crippen LogP contribution in [0.5, 0.6) is 0 Å². The third kappa shape index (κ3) is 6.28. The number of anilines is 2. The van der Waals surface area contributed by atoms with Crippen LogP contribution in [0.15, 0.2) is 30.3 Å². The minimum Gasteiger partial charge on any atom is -0.325 e. The molecule has 1 saturated heterocycles. The van der Waals surface area contributed by atoms with Gasteiger partial charge in [0.1, 0.15) is 0 Å². The summed E-state index contributed by atoms with van der Waals surface area (Å²) in [5, 5.41) is 13.7. The van der Waals surface area contributed by atoms with Crippen molar-refractivity contribution in [2.24, 2.45) is 5.92 Å². The predicted octanol–water partition coefficient (Wildman–Crippen LogP) is 4.52. The van der Waals surface area contributed by atoms with Crippen molar-refractivity contribution in [1.82, 2.24) is 15.1 Å². The molecular formula is C20H24Cl3N5O2. The van der Waals surface area contributed by atoms with E-state index < -0.39 is 5.91 Å². The molecule has 1 aromatic heterocycles. The Labute approximate surface area is 191 Å². The molecule has 0 atom stereocenters. The van der Waals surface area contributed by atoms with Crippen LogP contribution < -0.4 is 10.6 Å². The summed E-state index contributed by atoms with van der Waals surface area (Å²) >= 11 is 11.8. The second-order valence-electron chi connectivity index (χ2n) is 7.28. The van der Waals surface area contributed by atoms with Gasteiger partial charge in [0.05, 0.1) is 11.3 Å². The zero-order valence-corrected chi connectivity index (χ0v) is 19.0. The van der Waals surface area contributed by atoms with Crippen LogP contribution in [0.2, 0.25) is 10.2 Å². The van der Waals surface area contributed by atoms with Crippen LogP contribution in [-0.2, 0) is 4.79 Å². The third-order valence-corrected chi connectivity index (χ3v) is 5.43. The highest BCUT2D eigenvalue weighted by atomic mass is 35.5. The number of piperidine rings is 1. The van der Waals surface area contributed by atoms with Gasteiger partial charge in [0.15, 0.2) is 11.0 Å². The Bertz CT molecular complexity index is 885. The monoisotopic (exact) mass is 471 g/mol. The van der Waals surface area contributed by atoms with E-state index in [1.54, 1.807) is 18.2 Å². The molecule has 1 fully saturated rings. The van der Waals surface area contributed by atoms with Gasteiger partial charge < -0.3 is 15.5 Å². The Balaban J connectivity index is 0.00000320. The SMILES string of the molecule is CC(C)N1CCC(C(=O)Nc2ccc(Cl)cc2C(=O)Nc2ccc(Cl)nn2)CC1.Cl. The molecule has 1 aliphatic rings. The Hall–Kier alpha value is -1.93. The quantitative estimate of drug-likeness (QED) is 0.668. The normalized spacial score (nSPS) is 14.8. The number of benzene rings is 1. The number of rotatable bonds is 5. The Morgan fingerprint density at radius 3 is 2.37 bits per heavy atom. The van der Waals surface area contributed by atoms with Gasteiger partial charge in [-0.1, -0.05) is 23.2 Å². The molecule has 0 spiro atoms. The number of carbonyl (C=O) groups excluding carboxylic acids is 2. The maximum absolute atomic E-state index is 12.8. The lowest BCUT2D eigenvalue weighted by molar-refractivity contribution is -0.121. The number of amides is 2. The smallest absolute Gasteiger partial charge is 0.259 e. The Morgan fingerprint density at radius 2 is 1.77 bits per heavy atom. The minimum atomic E-state index is -0.450. The molecule has 10 heteroatoms. The largest absolute Gasteiger partial charge is 0.325 e. The van der Waals surface area contributed by atoms with Crippen LogP contribution >= 0.6 is 35.6 Å². The molecule has 2 aromatic rings. The molecule has 0 aliphatic carbocycles. The molecule has 3 rings (SSSR count). The van der Waals surface area contributed by atoms with Gasteiger partial charge in [0, 0.05) is 17.0 Å². The zero-order valence-electron chi connectivity index (χ0n) is 16.7. The molecule has 1 aromatic carbocycles. The first-order valence-corrected chi connectivity index (χ1v) is 10.2. The summed E-state index contributed by atoms with van der Waals surface area (Å²) < 4.78 is 0. The summed E-state index contributed by atoms with van der Waals surface area (Å²) in [6, 6.07) is 8.31. The van der Waals surface area contributed by atoms with Gasteiger partial charge in [-0.15, -0.1) is 22.6 Å². The number of halogens is 3. The molecule has 7 nitrogen and oxygen atoms in total. The fourth-order valence-electron chi connectivity index (χ4n) is 3.29. The Morgan fingerprint density at radius 1 is 1.07 bits per heavy atom. The van der Waals surface area contributed by atoms with E-state index in [4.69, 9.17) is 23.2 Å². The first-order valence-electron chi connectivity index (χ1n) is 9.48. The van der Waals surface area contributed by atoms with E-state index in [2.05, 4.69) is 39.6 Å². The molecule has 0 bridgehead atoms. The third-order valence-electron chi connectivity index (χ3n) is 4.99. The van der Waals surface area contributed by atoms with Crippen LogP contribution in [0.1, 0.15) is 37.0 Å². The fraction of sp³-hybridized carbons (Fsp3) is 0.400. The number of nitrogens with one attached hydrogen (secondary N) is 2. The summed E-state index contributed by atoms with van der Waals surface area (Å²) in [6.07, 6.45) is 1.58. The standard InChI is InChI=1S/C20H23Cl2N5O2.ClH/c1-12(2)27-9-7-13(8-10-27)19(28)23-16-4-3-14(21)11-15(16)20(29)24-18-6-5-17(22)25-26-18;/h3-6,11-13H,7-10H2,1-2H3,(H,23,28)(H,24,26,29);1H. The van der Waals surface area contributed by atoms with E-state index in [9.17, 15) is 9.59 Å². The van der Waals surface area contributed by atoms with Crippen LogP contribution in [0.4, 0.5) is 11.5 Å². The highest BCUT2D eigenvalue weighted by Crippen LogP contribution is 2.25. The predicted molar refractivity (Wildman–Crippen MR) is 122 cm³/mol. The lowest BCUT2D eigenvalue weighted by Crippen LogP contribution is -2.41. The van der Waals surface area contributed by atoms with Crippen molar-refractivity contribution in [3.05, 3.63) is 46.1 Å². The number of carbonyl (C=O) groups is 2. The number of nitrogens with zero attached hydrogens (tertiary/aromatic N) is 3. The topological polar surface area (TPSA) is 87.2 Å². The van der Waals surface area contributed by atoms with Gasteiger partial charge in [-0.2, -0.15) is 0 Å². The molecule has 0 unspecified atom stereocenters. The van der Waals surface area contributed by atoms with E-state index in [1.807, 2.05) is 0 Å². The number of likely N-dealkylation sites (tertiary alicyclic amines) is 1. The van der Waals surface area contributed by atoms with E-state index in [0.717, 1.165) is 25.9 Å². The summed E-state index contributed by atoms with van der Waals surface area (Å²) in [5.74, 6) is -0.374. The van der Waals surface area contributed by atoms with E-state index in [0.29, 0.717) is 16.8 Å². The molecular weight excluding hydrogens is 449 g/mol. The average Bonchev–Trinajstić information content (AvgIpc) is 2.71. The summed E-state index contributed by atoms with van der Waals surface area (Å²) in [7, 11) is 0. The van der Waals surface area contributed by atoms with Crippen molar-refractivity contribution in [3.63, 3.8) is 0 Å². The van der Waals surface area contributed by atoms with Crippen LogP contribution in [-0.4, -0.2) is 46.0 Å². The van der Waals surface area contributed by atoms with E-state index in [-0.39, 0.29) is 40.8 Å². The van der Waals surface area contributed by atoms with E-state index >= 15 is 0 Å². The van der Waals surface area contributed by atoms with Crippen molar-refractivity contribution in [2.75, 3.05) is 23.7 Å². The molecule has 2 N–H and O–H groups in total. The molecule has 2 heterocycles. The average molecular weight is 473 g/mol. The van der Waals surface area contributed by atoms with Gasteiger partial charge in [0.2, 0.25) is 5.91 Å². The highest BCUT2D eigenvalue weighted by Gasteiger charge is 2.27. The highest BCUT2D eigenvalue weighted by molar-refractivity contribution is 6.31. The second-order valence-corrected chi connectivity index (χ2v) is 8.10. The van der Waals surface area contributed by atoms with Gasteiger partial charge >= 0.3 is 0 Å². The van der Waals surface area contributed by atoms with Crippen molar-refractivity contribution in [3.8, 4) is 0 Å². The lowest BCUT2D eigenvalue weighted by atomic mass is 9.95. The fourth-order valence-corrected chi connectivity index (χ4v) is 3.57. The molecule has 0 radical (unpaired) electrons. The number of aromatic nitrogens is 2. The summed E-state index contributed by atoms with van der Waals surface area (Å²) in [6.45, 7) is 6.09. The van der Waals surface area contributed by atoms with E-state index in [1.165, 1.54) is 12.1 Å². The number of hydrogen-bond acceptors (Lipinski definition) is 5. The first kappa shape index (κ1) is 24.3. The van der Waals surface area contributed by atoms with Crippen molar-refractivity contribution in [2.45, 2.75) is 32.7 Å². The van der Waals surface area contributed by atoms with Crippen LogP contribution in [0.3, 0.4) is 0 Å². The molecule has 2 amide bonds. The number of hydrogen-bond donors (Lipinski definition) is 2. The van der Waals surface area contributed by atoms with Gasteiger partial charge in [-0.3, -0.25) is 9.59 Å². The molecule has 30 heavy (non-hydrogen) atoms. The molecule has 162 valence electrons. The summed E-state index contributed by atoms with van der Waals surface area (Å²) in [4.78, 5) is 27.8. The van der Waals surface area contributed by atoms with Gasteiger partial charge in [0.25, 0.3) is 5.91 Å². The summed E-state index contributed by atoms with van der Waals surface area (Å²) in [5.41, 5.74) is 0.660. The molecule has 1 aliphatic heterocycles. The van der Waals surface area contributed by atoms with Gasteiger partial charge in [-0.25, -0.2) is 0 Å². The second kappa shape index (κ2) is 10.9. The van der Waals surface area contributed by atoms with Crippen molar-refractivity contribution >= 4 is 58.9 Å². The van der Waals surface area contributed by atoms with Gasteiger partial charge in [-0.05, 0) is 70.1 Å². The minimum absolute atomic E-state index is 0. The van der Waals surface area contributed by atoms with Crippen molar-refractivity contribution in [1.29, 1.82) is 0 Å². The zero-order chi connectivity index (χ0) is 21.0. The van der Waals surface area contributed by atoms with Crippen LogP contribution in [0, 0.1) is 5.92 Å². The first-order chi connectivity index (χ1) is 13.8. The maximum Gasteiger partial charge on any atom is 0.259 e. The van der Waals surface area contributed by atoms with Crippen LogP contribution in [0.25, 0.3) is 0 Å².